The van der Waals surface area contributed by atoms with Gasteiger partial charge < -0.3 is 9.84 Å². The molecule has 0 aliphatic carbocycles. The number of carboxylic acid groups (broad SMARTS) is 1. The van der Waals surface area contributed by atoms with Gasteiger partial charge in [0.05, 0.1) is 17.6 Å². The minimum atomic E-state index is -1.08. The third kappa shape index (κ3) is 2.94. The molecule has 0 aliphatic rings. The van der Waals surface area contributed by atoms with Crippen molar-refractivity contribution in [3.8, 4) is 5.75 Å². The SMILES string of the molecule is CCc1c(OC)ccc(C(=O)O)c1Sc1ccc([N+](=O)[O-])c2nonc12. The number of fused-ring (bicyclic) bond motifs is 1. The molecule has 0 atom stereocenters. The Labute approximate surface area is 151 Å². The van der Waals surface area contributed by atoms with Crippen molar-refractivity contribution in [2.24, 2.45) is 0 Å². The molecule has 0 spiro atoms. The number of aromatic nitrogens is 2. The lowest BCUT2D eigenvalue weighted by molar-refractivity contribution is -0.383. The zero-order chi connectivity index (χ0) is 18.8. The topological polar surface area (TPSA) is 129 Å². The van der Waals surface area contributed by atoms with E-state index in [9.17, 15) is 20.0 Å². The molecule has 3 aromatic rings. The van der Waals surface area contributed by atoms with E-state index < -0.39 is 10.9 Å². The molecule has 0 aliphatic heterocycles. The highest BCUT2D eigenvalue weighted by Gasteiger charge is 2.23. The molecule has 2 aromatic carbocycles. The summed E-state index contributed by atoms with van der Waals surface area (Å²) in [5, 5.41) is 28.0. The zero-order valence-electron chi connectivity index (χ0n) is 13.8. The van der Waals surface area contributed by atoms with Gasteiger partial charge in [0.2, 0.25) is 5.52 Å². The van der Waals surface area contributed by atoms with Gasteiger partial charge in [0.25, 0.3) is 0 Å². The molecule has 0 fully saturated rings. The average molecular weight is 375 g/mol. The van der Waals surface area contributed by atoms with Gasteiger partial charge in [0.1, 0.15) is 5.75 Å². The summed E-state index contributed by atoms with van der Waals surface area (Å²) < 4.78 is 9.98. The van der Waals surface area contributed by atoms with E-state index in [4.69, 9.17) is 4.74 Å². The van der Waals surface area contributed by atoms with Gasteiger partial charge in [-0.3, -0.25) is 10.1 Å². The van der Waals surface area contributed by atoms with Crippen LogP contribution in [0.25, 0.3) is 11.0 Å². The number of hydrogen-bond acceptors (Lipinski definition) is 8. The zero-order valence-corrected chi connectivity index (χ0v) is 14.6. The molecule has 1 heterocycles. The molecule has 1 aromatic heterocycles. The maximum Gasteiger partial charge on any atom is 0.336 e. The van der Waals surface area contributed by atoms with Crippen molar-refractivity contribution in [1.29, 1.82) is 0 Å². The number of non-ortho nitro benzene ring substituents is 1. The van der Waals surface area contributed by atoms with Gasteiger partial charge >= 0.3 is 11.7 Å². The van der Waals surface area contributed by atoms with Crippen LogP contribution < -0.4 is 4.74 Å². The lowest BCUT2D eigenvalue weighted by Gasteiger charge is -2.15. The molecular formula is C16H13N3O6S. The van der Waals surface area contributed by atoms with Crippen LogP contribution in [-0.4, -0.2) is 33.4 Å². The lowest BCUT2D eigenvalue weighted by atomic mass is 10.1. The Morgan fingerprint density at radius 2 is 2.04 bits per heavy atom. The number of nitro benzene ring substituents is 1. The first-order valence-corrected chi connectivity index (χ1v) is 8.30. The number of methoxy groups -OCH3 is 1. The second-order valence-corrected chi connectivity index (χ2v) is 6.24. The van der Waals surface area contributed by atoms with E-state index in [2.05, 4.69) is 14.9 Å². The third-order valence-electron chi connectivity index (χ3n) is 3.79. The van der Waals surface area contributed by atoms with E-state index in [0.717, 1.165) is 17.3 Å². The molecule has 3 rings (SSSR count). The molecule has 26 heavy (non-hydrogen) atoms. The molecular weight excluding hydrogens is 362 g/mol. The fraction of sp³-hybridized carbons (Fsp3) is 0.188. The van der Waals surface area contributed by atoms with Crippen molar-refractivity contribution in [2.45, 2.75) is 23.1 Å². The van der Waals surface area contributed by atoms with Crippen LogP contribution in [0.1, 0.15) is 22.8 Å². The third-order valence-corrected chi connectivity index (χ3v) is 5.01. The predicted molar refractivity (Wildman–Crippen MR) is 91.9 cm³/mol. The standard InChI is InChI=1S/C16H13N3O6S/c1-3-8-11(24-2)6-4-9(16(20)21)15(8)26-12-7-5-10(19(22)23)13-14(12)18-25-17-13/h4-7H,3H2,1-2H3,(H,20,21). The van der Waals surface area contributed by atoms with Gasteiger partial charge in [0, 0.05) is 21.4 Å². The molecule has 0 saturated heterocycles. The van der Waals surface area contributed by atoms with Gasteiger partial charge in [-0.25, -0.2) is 9.42 Å². The highest BCUT2D eigenvalue weighted by molar-refractivity contribution is 7.99. The van der Waals surface area contributed by atoms with Crippen LogP contribution in [0.15, 0.2) is 38.7 Å². The van der Waals surface area contributed by atoms with Gasteiger partial charge in [0.15, 0.2) is 5.52 Å². The Balaban J connectivity index is 2.19. The summed E-state index contributed by atoms with van der Waals surface area (Å²) in [6.07, 6.45) is 0.541. The Morgan fingerprint density at radius 1 is 1.31 bits per heavy atom. The maximum atomic E-state index is 11.6. The highest BCUT2D eigenvalue weighted by Crippen LogP contribution is 2.41. The van der Waals surface area contributed by atoms with Gasteiger partial charge in [-0.15, -0.1) is 0 Å². The van der Waals surface area contributed by atoms with Gasteiger partial charge in [-0.1, -0.05) is 18.7 Å². The van der Waals surface area contributed by atoms with E-state index in [1.54, 1.807) is 6.07 Å². The van der Waals surface area contributed by atoms with Crippen LogP contribution in [0, 0.1) is 10.1 Å². The van der Waals surface area contributed by atoms with E-state index in [-0.39, 0.29) is 22.3 Å². The van der Waals surface area contributed by atoms with E-state index in [1.165, 1.54) is 25.3 Å². The first-order chi connectivity index (χ1) is 12.5. The van der Waals surface area contributed by atoms with Crippen LogP contribution >= 0.6 is 11.8 Å². The van der Waals surface area contributed by atoms with E-state index >= 15 is 0 Å². The first-order valence-electron chi connectivity index (χ1n) is 7.48. The Bertz CT molecular complexity index is 1020. The van der Waals surface area contributed by atoms with Crippen molar-refractivity contribution in [1.82, 2.24) is 10.3 Å². The van der Waals surface area contributed by atoms with Gasteiger partial charge in [-0.2, -0.15) is 0 Å². The number of benzene rings is 2. The number of nitro groups is 1. The van der Waals surface area contributed by atoms with Crippen molar-refractivity contribution >= 4 is 34.5 Å². The number of ether oxygens (including phenoxy) is 1. The van der Waals surface area contributed by atoms with E-state index in [1.807, 2.05) is 6.92 Å². The summed E-state index contributed by atoms with van der Waals surface area (Å²) >= 11 is 1.13. The Morgan fingerprint density at radius 3 is 2.65 bits per heavy atom. The molecule has 0 unspecified atom stereocenters. The number of carbonyl (C=O) groups is 1. The molecule has 0 bridgehead atoms. The van der Waals surface area contributed by atoms with Crippen LogP contribution in [0.4, 0.5) is 5.69 Å². The minimum Gasteiger partial charge on any atom is -0.496 e. The summed E-state index contributed by atoms with van der Waals surface area (Å²) in [6, 6.07) is 5.86. The van der Waals surface area contributed by atoms with Crippen LogP contribution in [0.5, 0.6) is 5.75 Å². The smallest absolute Gasteiger partial charge is 0.336 e. The summed E-state index contributed by atoms with van der Waals surface area (Å²) in [6.45, 7) is 1.89. The molecule has 1 N–H and O–H groups in total. The molecule has 0 saturated carbocycles. The number of hydrogen-bond donors (Lipinski definition) is 1. The number of nitrogens with zero attached hydrogens (tertiary/aromatic N) is 3. The average Bonchev–Trinajstić information content (AvgIpc) is 3.10. The molecule has 0 radical (unpaired) electrons. The van der Waals surface area contributed by atoms with Crippen LogP contribution in [0.2, 0.25) is 0 Å². The Hall–Kier alpha value is -3.14. The summed E-state index contributed by atoms with van der Waals surface area (Å²) in [5.74, 6) is -0.516. The molecule has 10 heteroatoms. The number of carboxylic acids is 1. The van der Waals surface area contributed by atoms with Crippen molar-refractivity contribution in [2.75, 3.05) is 7.11 Å². The maximum absolute atomic E-state index is 11.6. The fourth-order valence-corrected chi connectivity index (χ4v) is 3.81. The molecule has 134 valence electrons. The monoisotopic (exact) mass is 375 g/mol. The number of aromatic carboxylic acids is 1. The van der Waals surface area contributed by atoms with E-state index in [0.29, 0.717) is 22.0 Å². The molecule has 9 nitrogen and oxygen atoms in total. The van der Waals surface area contributed by atoms with Gasteiger partial charge in [-0.05, 0) is 34.9 Å². The second-order valence-electron chi connectivity index (χ2n) is 5.19. The quantitative estimate of drug-likeness (QED) is 0.508. The molecule has 0 amide bonds. The second kappa shape index (κ2) is 7.00. The summed E-state index contributed by atoms with van der Waals surface area (Å²) in [5.41, 5.74) is 0.810. The Kier molecular flexibility index (Phi) is 4.76. The summed E-state index contributed by atoms with van der Waals surface area (Å²) in [4.78, 5) is 23.2. The first kappa shape index (κ1) is 17.7. The van der Waals surface area contributed by atoms with Crippen molar-refractivity contribution in [3.05, 3.63) is 45.5 Å². The summed E-state index contributed by atoms with van der Waals surface area (Å²) in [7, 11) is 1.51. The largest absolute Gasteiger partial charge is 0.496 e. The van der Waals surface area contributed by atoms with Crippen molar-refractivity contribution in [3.63, 3.8) is 0 Å². The fourth-order valence-electron chi connectivity index (χ4n) is 2.59. The highest BCUT2D eigenvalue weighted by atomic mass is 32.2. The normalized spacial score (nSPS) is 10.8. The van der Waals surface area contributed by atoms with Crippen LogP contribution in [-0.2, 0) is 6.42 Å². The number of rotatable bonds is 6. The van der Waals surface area contributed by atoms with Crippen molar-refractivity contribution < 1.29 is 24.2 Å². The lowest BCUT2D eigenvalue weighted by Crippen LogP contribution is -2.04. The predicted octanol–water partition coefficient (Wildman–Crippen LogP) is 3.55. The minimum absolute atomic E-state index is 0.0119. The van der Waals surface area contributed by atoms with Crippen LogP contribution in [0.3, 0.4) is 0 Å².